The molecule has 0 saturated carbocycles. The lowest BCUT2D eigenvalue weighted by atomic mass is 10.1. The highest BCUT2D eigenvalue weighted by Crippen LogP contribution is 2.25. The molecule has 0 spiro atoms. The monoisotopic (exact) mass is 390 g/mol. The largest absolute Gasteiger partial charge is 0.374 e. The molecule has 2 saturated heterocycles. The molecule has 1 unspecified atom stereocenters. The predicted octanol–water partition coefficient (Wildman–Crippen LogP) is 2.25. The second-order valence-electron chi connectivity index (χ2n) is 7.73. The van der Waals surface area contributed by atoms with Crippen molar-refractivity contribution in [1.82, 2.24) is 20.3 Å². The average Bonchev–Trinajstić information content (AvgIpc) is 3.28. The Morgan fingerprint density at radius 2 is 2.10 bits per heavy atom. The molecule has 7 heteroatoms. The number of aromatic nitrogens is 3. The Hall–Kier alpha value is -2.77. The summed E-state index contributed by atoms with van der Waals surface area (Å²) in [4.78, 5) is 16.2. The second kappa shape index (κ2) is 8.31. The molecule has 2 aliphatic heterocycles. The van der Waals surface area contributed by atoms with Gasteiger partial charge in [0.2, 0.25) is 5.95 Å². The van der Waals surface area contributed by atoms with Gasteiger partial charge in [0.1, 0.15) is 5.82 Å². The number of nitrogens with one attached hydrogen (secondary N) is 2. The van der Waals surface area contributed by atoms with Gasteiger partial charge in [0.15, 0.2) is 0 Å². The van der Waals surface area contributed by atoms with Crippen molar-refractivity contribution in [3.05, 3.63) is 54.4 Å². The molecule has 5 rings (SSSR count). The highest BCUT2D eigenvalue weighted by molar-refractivity contribution is 5.89. The highest BCUT2D eigenvalue weighted by atomic mass is 16.5. The predicted molar refractivity (Wildman–Crippen MR) is 114 cm³/mol. The first kappa shape index (κ1) is 18.3. The molecule has 0 bridgehead atoms. The molecule has 29 heavy (non-hydrogen) atoms. The van der Waals surface area contributed by atoms with Crippen LogP contribution in [-0.2, 0) is 11.2 Å². The van der Waals surface area contributed by atoms with Gasteiger partial charge in [-0.05, 0) is 24.6 Å². The van der Waals surface area contributed by atoms with Gasteiger partial charge in [-0.1, -0.05) is 30.3 Å². The van der Waals surface area contributed by atoms with Crippen LogP contribution in [0.25, 0.3) is 10.9 Å². The molecule has 0 aliphatic carbocycles. The van der Waals surface area contributed by atoms with Gasteiger partial charge in [0.25, 0.3) is 0 Å². The van der Waals surface area contributed by atoms with E-state index in [4.69, 9.17) is 14.7 Å². The van der Waals surface area contributed by atoms with E-state index in [2.05, 4.69) is 44.8 Å². The van der Waals surface area contributed by atoms with E-state index in [9.17, 15) is 0 Å². The summed E-state index contributed by atoms with van der Waals surface area (Å²) in [5, 5.41) is 8.04. The second-order valence-corrected chi connectivity index (χ2v) is 7.73. The molecule has 0 amide bonds. The molecule has 4 heterocycles. The number of fused-ring (bicyclic) bond motifs is 1. The van der Waals surface area contributed by atoms with Crippen molar-refractivity contribution < 1.29 is 4.74 Å². The first-order valence-electron chi connectivity index (χ1n) is 10.3. The van der Waals surface area contributed by atoms with E-state index in [1.54, 1.807) is 6.20 Å². The standard InChI is InChI=1S/C22H26N6O/c1-2-4-16(5-3-1)12-18-15-28(10-11-29-18)22-26-20-14-24-9-7-19(20)21(27-22)25-17-6-8-23-13-17/h1-5,7,9,14,17-18,23H,6,8,10-13,15H2,(H,25,26,27)/t17?,18-/m1/s1. The van der Waals surface area contributed by atoms with E-state index < -0.39 is 0 Å². The maximum Gasteiger partial charge on any atom is 0.228 e. The van der Waals surface area contributed by atoms with Crippen LogP contribution >= 0.6 is 0 Å². The van der Waals surface area contributed by atoms with Gasteiger partial charge in [-0.3, -0.25) is 4.98 Å². The molecule has 3 aromatic rings. The molecule has 2 fully saturated rings. The average molecular weight is 390 g/mol. The fourth-order valence-electron chi connectivity index (χ4n) is 4.09. The number of rotatable bonds is 5. The third-order valence-corrected chi connectivity index (χ3v) is 5.62. The van der Waals surface area contributed by atoms with Crippen LogP contribution in [0.4, 0.5) is 11.8 Å². The maximum absolute atomic E-state index is 6.03. The summed E-state index contributed by atoms with van der Waals surface area (Å²) >= 11 is 0. The van der Waals surface area contributed by atoms with E-state index in [0.717, 1.165) is 61.7 Å². The Morgan fingerprint density at radius 3 is 2.97 bits per heavy atom. The number of anilines is 2. The number of pyridine rings is 1. The molecule has 150 valence electrons. The van der Waals surface area contributed by atoms with Crippen LogP contribution in [-0.4, -0.2) is 59.9 Å². The molecule has 1 aromatic carbocycles. The fourth-order valence-corrected chi connectivity index (χ4v) is 4.09. The van der Waals surface area contributed by atoms with Gasteiger partial charge in [-0.2, -0.15) is 4.98 Å². The van der Waals surface area contributed by atoms with Crippen molar-refractivity contribution in [2.45, 2.75) is 25.0 Å². The zero-order chi connectivity index (χ0) is 19.5. The number of nitrogens with zero attached hydrogens (tertiary/aromatic N) is 4. The molecular formula is C22H26N6O. The molecule has 2 N–H and O–H groups in total. The van der Waals surface area contributed by atoms with Crippen LogP contribution < -0.4 is 15.5 Å². The number of hydrogen-bond donors (Lipinski definition) is 2. The van der Waals surface area contributed by atoms with Crippen molar-refractivity contribution in [2.24, 2.45) is 0 Å². The Balaban J connectivity index is 1.40. The summed E-state index contributed by atoms with van der Waals surface area (Å²) in [6.07, 6.45) is 5.75. The number of hydrogen-bond acceptors (Lipinski definition) is 7. The summed E-state index contributed by atoms with van der Waals surface area (Å²) in [6.45, 7) is 4.26. The quantitative estimate of drug-likeness (QED) is 0.692. The summed E-state index contributed by atoms with van der Waals surface area (Å²) in [7, 11) is 0. The molecule has 0 radical (unpaired) electrons. The van der Waals surface area contributed by atoms with Crippen molar-refractivity contribution in [2.75, 3.05) is 43.0 Å². The van der Waals surface area contributed by atoms with Crippen molar-refractivity contribution in [1.29, 1.82) is 0 Å². The lowest BCUT2D eigenvalue weighted by Gasteiger charge is -2.33. The highest BCUT2D eigenvalue weighted by Gasteiger charge is 2.24. The molecule has 2 atom stereocenters. The van der Waals surface area contributed by atoms with E-state index in [0.29, 0.717) is 12.6 Å². The van der Waals surface area contributed by atoms with Crippen molar-refractivity contribution in [3.63, 3.8) is 0 Å². The van der Waals surface area contributed by atoms with Gasteiger partial charge in [0.05, 0.1) is 24.4 Å². The van der Waals surface area contributed by atoms with Crippen LogP contribution in [0.5, 0.6) is 0 Å². The third-order valence-electron chi connectivity index (χ3n) is 5.62. The molecule has 7 nitrogen and oxygen atoms in total. The number of ether oxygens (including phenoxy) is 1. The van der Waals surface area contributed by atoms with Crippen LogP contribution in [0.3, 0.4) is 0 Å². The first-order valence-corrected chi connectivity index (χ1v) is 10.3. The molecule has 2 aromatic heterocycles. The molecular weight excluding hydrogens is 364 g/mol. The normalized spacial score (nSPS) is 22.1. The Morgan fingerprint density at radius 1 is 1.17 bits per heavy atom. The van der Waals surface area contributed by atoms with Gasteiger partial charge in [-0.25, -0.2) is 4.98 Å². The fraction of sp³-hybridized carbons (Fsp3) is 0.409. The van der Waals surface area contributed by atoms with Gasteiger partial charge < -0.3 is 20.3 Å². The van der Waals surface area contributed by atoms with Crippen LogP contribution in [0.15, 0.2) is 48.8 Å². The van der Waals surface area contributed by atoms with Crippen molar-refractivity contribution >= 4 is 22.7 Å². The molecule has 2 aliphatic rings. The first-order chi connectivity index (χ1) is 14.3. The van der Waals surface area contributed by atoms with Crippen molar-refractivity contribution in [3.8, 4) is 0 Å². The maximum atomic E-state index is 6.03. The van der Waals surface area contributed by atoms with Crippen LogP contribution in [0.2, 0.25) is 0 Å². The topological polar surface area (TPSA) is 75.2 Å². The van der Waals surface area contributed by atoms with Gasteiger partial charge in [-0.15, -0.1) is 0 Å². The Kier molecular flexibility index (Phi) is 5.23. The Labute approximate surface area is 170 Å². The van der Waals surface area contributed by atoms with Crippen LogP contribution in [0, 0.1) is 0 Å². The van der Waals surface area contributed by atoms with E-state index in [-0.39, 0.29) is 6.10 Å². The third kappa shape index (κ3) is 4.16. The zero-order valence-corrected chi connectivity index (χ0v) is 16.4. The summed E-state index contributed by atoms with van der Waals surface area (Å²) in [6, 6.07) is 12.9. The lowest BCUT2D eigenvalue weighted by molar-refractivity contribution is 0.0405. The minimum Gasteiger partial charge on any atom is -0.374 e. The SMILES string of the molecule is c1ccc(C[C@@H]2CN(c3nc(NC4CCNC4)c4ccncc4n3)CCO2)cc1. The number of benzene rings is 1. The smallest absolute Gasteiger partial charge is 0.228 e. The van der Waals surface area contributed by atoms with Gasteiger partial charge >= 0.3 is 0 Å². The lowest BCUT2D eigenvalue weighted by Crippen LogP contribution is -2.44. The van der Waals surface area contributed by atoms with Gasteiger partial charge in [0, 0.05) is 43.7 Å². The van der Waals surface area contributed by atoms with E-state index in [1.165, 1.54) is 5.56 Å². The summed E-state index contributed by atoms with van der Waals surface area (Å²) < 4.78 is 6.03. The van der Waals surface area contributed by atoms with E-state index in [1.807, 2.05) is 18.3 Å². The van der Waals surface area contributed by atoms with E-state index >= 15 is 0 Å². The summed E-state index contributed by atoms with van der Waals surface area (Å²) in [5.74, 6) is 1.65. The van der Waals surface area contributed by atoms with Crippen LogP contribution in [0.1, 0.15) is 12.0 Å². The minimum atomic E-state index is 0.134. The summed E-state index contributed by atoms with van der Waals surface area (Å²) in [5.41, 5.74) is 2.16. The number of morpholine rings is 1. The Bertz CT molecular complexity index is 960. The zero-order valence-electron chi connectivity index (χ0n) is 16.4. The minimum absolute atomic E-state index is 0.134.